The third kappa shape index (κ3) is 5.09. The lowest BCUT2D eigenvalue weighted by molar-refractivity contribution is 0.738. The number of aromatic nitrogens is 2. The van der Waals surface area contributed by atoms with E-state index in [4.69, 9.17) is 9.97 Å². The molecule has 2 atom stereocenters. The second-order valence-electron chi connectivity index (χ2n) is 14.8. The largest absolute Gasteiger partial charge is 0.332 e. The number of nitrogens with zero attached hydrogens (tertiary/aromatic N) is 3. The Balaban J connectivity index is 1.17. The Labute approximate surface area is 338 Å². The molecule has 3 nitrogen and oxygen atoms in total. The van der Waals surface area contributed by atoms with Crippen LogP contribution in [0, 0.1) is 0 Å². The van der Waals surface area contributed by atoms with Gasteiger partial charge >= 0.3 is 0 Å². The maximum Gasteiger partial charge on any atom is 0.160 e. The van der Waals surface area contributed by atoms with E-state index in [-0.39, 0.29) is 12.0 Å². The first-order chi connectivity index (χ1) is 28.3. The molecule has 2 unspecified atom stereocenters. The van der Waals surface area contributed by atoms with Crippen LogP contribution < -0.4 is 4.90 Å². The summed E-state index contributed by atoms with van der Waals surface area (Å²) in [5.74, 6) is 0.940. The van der Waals surface area contributed by atoms with Crippen LogP contribution in [0.15, 0.2) is 182 Å². The van der Waals surface area contributed by atoms with Gasteiger partial charge in [0.15, 0.2) is 5.82 Å². The van der Waals surface area contributed by atoms with Gasteiger partial charge in [0.2, 0.25) is 0 Å². The summed E-state index contributed by atoms with van der Waals surface area (Å²) in [4.78, 5) is 14.8. The van der Waals surface area contributed by atoms with E-state index in [1.807, 2.05) is 17.4 Å². The normalized spacial score (nSPS) is 15.6. The highest BCUT2D eigenvalue weighted by Crippen LogP contribution is 2.58. The van der Waals surface area contributed by atoms with Crippen molar-refractivity contribution in [1.29, 1.82) is 0 Å². The van der Waals surface area contributed by atoms with Crippen molar-refractivity contribution in [2.75, 3.05) is 4.90 Å². The van der Waals surface area contributed by atoms with Crippen LogP contribution in [0.3, 0.4) is 0 Å². The summed E-state index contributed by atoms with van der Waals surface area (Å²) < 4.78 is 3.65. The fraction of sp³-hybridized carbons (Fsp3) is 0.0385. The number of rotatable bonds is 5. The maximum atomic E-state index is 5.46. The summed E-state index contributed by atoms with van der Waals surface area (Å²) in [5.41, 5.74) is 13.9. The van der Waals surface area contributed by atoms with Gasteiger partial charge in [0.25, 0.3) is 0 Å². The van der Waals surface area contributed by atoms with Crippen molar-refractivity contribution in [1.82, 2.24) is 9.97 Å². The molecule has 0 saturated carbocycles. The van der Waals surface area contributed by atoms with Crippen molar-refractivity contribution in [2.24, 2.45) is 0 Å². The molecule has 3 aromatic heterocycles. The standard InChI is InChI=1S/C52H33N3S2/c1-4-16-32(17-5-1)40-30-35(47-51-48(39-24-12-15-27-45(39)57-51)54-52(53-47)34-20-8-3-9-21-34)31-41(33-18-6-2-7-19-33)49(40)55-42-25-13-10-23-38(42)46-43(55)29-28-37-36-22-11-14-26-44(36)56-50(37)46/h1-31,43,46H. The van der Waals surface area contributed by atoms with Crippen LogP contribution in [-0.4, -0.2) is 16.0 Å². The molecule has 57 heavy (non-hydrogen) atoms. The van der Waals surface area contributed by atoms with E-state index < -0.39 is 0 Å². The molecule has 0 saturated heterocycles. The van der Waals surface area contributed by atoms with Gasteiger partial charge < -0.3 is 4.90 Å². The van der Waals surface area contributed by atoms with Crippen LogP contribution in [0.1, 0.15) is 21.9 Å². The topological polar surface area (TPSA) is 29.0 Å². The number of hydrogen-bond acceptors (Lipinski definition) is 5. The minimum Gasteiger partial charge on any atom is -0.332 e. The van der Waals surface area contributed by atoms with E-state index >= 15 is 0 Å². The van der Waals surface area contributed by atoms with Crippen LogP contribution in [0.4, 0.5) is 11.4 Å². The number of para-hydroxylation sites is 1. The van der Waals surface area contributed by atoms with Crippen LogP contribution in [0.5, 0.6) is 0 Å². The molecule has 0 radical (unpaired) electrons. The Hall–Kier alpha value is -6.66. The lowest BCUT2D eigenvalue weighted by atomic mass is 9.85. The average molecular weight is 764 g/mol. The number of thiophene rings is 2. The van der Waals surface area contributed by atoms with Gasteiger partial charge in [-0.2, -0.15) is 0 Å². The maximum absolute atomic E-state index is 5.46. The molecule has 0 N–H and O–H groups in total. The Morgan fingerprint density at radius 1 is 0.509 bits per heavy atom. The first-order valence-electron chi connectivity index (χ1n) is 19.4. The molecule has 2 aliphatic rings. The quantitative estimate of drug-likeness (QED) is 0.175. The van der Waals surface area contributed by atoms with Crippen molar-refractivity contribution in [3.63, 3.8) is 0 Å². The Bertz CT molecular complexity index is 3140. The second kappa shape index (κ2) is 13.0. The summed E-state index contributed by atoms with van der Waals surface area (Å²) in [6.45, 7) is 0. The third-order valence-corrected chi connectivity index (χ3v) is 14.1. The molecule has 12 rings (SSSR count). The van der Waals surface area contributed by atoms with Gasteiger partial charge in [0, 0.05) is 53.5 Å². The Kier molecular flexibility index (Phi) is 7.40. The number of hydrogen-bond donors (Lipinski definition) is 0. The van der Waals surface area contributed by atoms with E-state index in [2.05, 4.69) is 187 Å². The molecule has 0 spiro atoms. The predicted molar refractivity (Wildman–Crippen MR) is 242 cm³/mol. The van der Waals surface area contributed by atoms with Crippen LogP contribution in [0.2, 0.25) is 0 Å². The van der Waals surface area contributed by atoms with Gasteiger partial charge in [0.05, 0.1) is 27.6 Å². The summed E-state index contributed by atoms with van der Waals surface area (Å²) in [7, 11) is 0. The molecule has 7 aromatic carbocycles. The number of benzene rings is 7. The summed E-state index contributed by atoms with van der Waals surface area (Å²) in [6.07, 6.45) is 4.85. The van der Waals surface area contributed by atoms with Gasteiger partial charge in [-0.15, -0.1) is 22.7 Å². The first kappa shape index (κ1) is 32.6. The van der Waals surface area contributed by atoms with Crippen molar-refractivity contribution < 1.29 is 0 Å². The lowest BCUT2D eigenvalue weighted by Gasteiger charge is -2.34. The zero-order valence-electron chi connectivity index (χ0n) is 30.7. The SMILES string of the molecule is C1=CC2C(c3ccccc3N2c2c(-c3ccccc3)cc(-c3nc(-c4ccccc4)nc4c3sc3ccccc34)cc2-c2ccccc2)c2sc3ccccc3c21. The molecule has 5 heteroatoms. The molecule has 0 bridgehead atoms. The van der Waals surface area contributed by atoms with Gasteiger partial charge in [-0.05, 0) is 58.0 Å². The van der Waals surface area contributed by atoms with Crippen molar-refractivity contribution in [3.05, 3.63) is 198 Å². The fourth-order valence-electron chi connectivity index (χ4n) is 9.12. The fourth-order valence-corrected chi connectivity index (χ4v) is 11.6. The first-order valence-corrected chi connectivity index (χ1v) is 21.0. The highest BCUT2D eigenvalue weighted by molar-refractivity contribution is 7.26. The average Bonchev–Trinajstić information content (AvgIpc) is 3.96. The lowest BCUT2D eigenvalue weighted by Crippen LogP contribution is -2.31. The molecule has 1 aliphatic heterocycles. The zero-order chi connectivity index (χ0) is 37.5. The molecule has 0 amide bonds. The van der Waals surface area contributed by atoms with Crippen LogP contribution in [-0.2, 0) is 0 Å². The molecule has 268 valence electrons. The minimum atomic E-state index is 0.0942. The third-order valence-electron chi connectivity index (χ3n) is 11.6. The minimum absolute atomic E-state index is 0.0942. The predicted octanol–water partition coefficient (Wildman–Crippen LogP) is 14.4. The molecular formula is C52H33N3S2. The summed E-state index contributed by atoms with van der Waals surface area (Å²) in [5, 5.41) is 2.50. The molecule has 1 aliphatic carbocycles. The smallest absolute Gasteiger partial charge is 0.160 e. The molecule has 4 heterocycles. The van der Waals surface area contributed by atoms with Crippen molar-refractivity contribution in [3.8, 4) is 44.9 Å². The Morgan fingerprint density at radius 3 is 1.79 bits per heavy atom. The van der Waals surface area contributed by atoms with E-state index in [1.54, 1.807) is 11.3 Å². The van der Waals surface area contributed by atoms with Crippen molar-refractivity contribution >= 4 is 70.5 Å². The highest BCUT2D eigenvalue weighted by atomic mass is 32.1. The van der Waals surface area contributed by atoms with Gasteiger partial charge in [-0.3, -0.25) is 0 Å². The molecular weight excluding hydrogens is 731 g/mol. The van der Waals surface area contributed by atoms with Crippen LogP contribution in [0.25, 0.3) is 81.4 Å². The summed E-state index contributed by atoms with van der Waals surface area (Å²) >= 11 is 3.73. The van der Waals surface area contributed by atoms with E-state index in [0.717, 1.165) is 38.2 Å². The Morgan fingerprint density at radius 2 is 1.09 bits per heavy atom. The summed E-state index contributed by atoms with van der Waals surface area (Å²) in [6, 6.07) is 63.7. The van der Waals surface area contributed by atoms with Gasteiger partial charge in [0.1, 0.15) is 0 Å². The van der Waals surface area contributed by atoms with Crippen molar-refractivity contribution in [2.45, 2.75) is 12.0 Å². The molecule has 0 fully saturated rings. The van der Waals surface area contributed by atoms with E-state index in [1.165, 1.54) is 64.4 Å². The highest BCUT2D eigenvalue weighted by Gasteiger charge is 2.44. The second-order valence-corrected chi connectivity index (χ2v) is 17.0. The number of fused-ring (bicyclic) bond motifs is 10. The van der Waals surface area contributed by atoms with Gasteiger partial charge in [-0.1, -0.05) is 158 Å². The molecule has 10 aromatic rings. The van der Waals surface area contributed by atoms with Crippen LogP contribution >= 0.6 is 22.7 Å². The zero-order valence-corrected chi connectivity index (χ0v) is 32.3. The van der Waals surface area contributed by atoms with E-state index in [0.29, 0.717) is 0 Å². The van der Waals surface area contributed by atoms with Gasteiger partial charge in [-0.25, -0.2) is 9.97 Å². The monoisotopic (exact) mass is 763 g/mol. The number of anilines is 2. The van der Waals surface area contributed by atoms with E-state index in [9.17, 15) is 0 Å².